The van der Waals surface area contributed by atoms with Gasteiger partial charge in [0.2, 0.25) is 0 Å². The zero-order chi connectivity index (χ0) is 22.4. The molecule has 1 aromatic heterocycles. The van der Waals surface area contributed by atoms with Gasteiger partial charge in [-0.25, -0.2) is 4.39 Å². The summed E-state index contributed by atoms with van der Waals surface area (Å²) in [6.07, 6.45) is -0.716. The lowest BCUT2D eigenvalue weighted by Crippen LogP contribution is -2.42. The molecule has 0 unspecified atom stereocenters. The van der Waals surface area contributed by atoms with Crippen LogP contribution in [-0.2, 0) is 6.42 Å². The third kappa shape index (κ3) is 4.03. The Morgan fingerprint density at radius 3 is 2.48 bits per heavy atom. The van der Waals surface area contributed by atoms with Crippen molar-refractivity contribution in [2.24, 2.45) is 0 Å². The van der Waals surface area contributed by atoms with Crippen LogP contribution < -0.4 is 4.74 Å². The minimum absolute atomic E-state index is 0.102. The Morgan fingerprint density at radius 2 is 1.87 bits per heavy atom. The first-order valence-electron chi connectivity index (χ1n) is 9.90. The number of ether oxygens (including phenoxy) is 1. The molecule has 3 aromatic rings. The van der Waals surface area contributed by atoms with Crippen molar-refractivity contribution in [3.63, 3.8) is 0 Å². The first kappa shape index (κ1) is 22.0. The van der Waals surface area contributed by atoms with Crippen molar-refractivity contribution >= 4 is 23.2 Å². The average molecular weight is 465 g/mol. The number of fused-ring (bicyclic) bond motifs is 1. The lowest BCUT2D eigenvalue weighted by molar-refractivity contribution is -0.0244. The van der Waals surface area contributed by atoms with Crippen molar-refractivity contribution in [3.8, 4) is 11.4 Å². The zero-order valence-electron chi connectivity index (χ0n) is 17.6. The first-order chi connectivity index (χ1) is 14.7. The molecule has 1 heterocycles. The molecule has 164 valence electrons. The topological polar surface area (TPSA) is 63.4 Å². The molecule has 1 N–H and O–H groups in total. The van der Waals surface area contributed by atoms with Gasteiger partial charge in [-0.3, -0.25) is 9.47 Å². The predicted molar refractivity (Wildman–Crippen MR) is 118 cm³/mol. The molecule has 0 fully saturated rings. The highest BCUT2D eigenvalue weighted by Gasteiger charge is 2.40. The number of aliphatic hydroxyl groups excluding tert-OH is 1. The maximum absolute atomic E-state index is 15.1. The van der Waals surface area contributed by atoms with Crippen LogP contribution in [-0.4, -0.2) is 44.1 Å². The van der Waals surface area contributed by atoms with Crippen LogP contribution >= 0.6 is 23.2 Å². The molecular weight excluding hydrogens is 442 g/mol. The fourth-order valence-electron chi connectivity index (χ4n) is 4.10. The highest BCUT2D eigenvalue weighted by Crippen LogP contribution is 2.43. The zero-order valence-corrected chi connectivity index (χ0v) is 19.1. The van der Waals surface area contributed by atoms with Gasteiger partial charge >= 0.3 is 0 Å². The number of aromatic nitrogens is 3. The molecule has 2 aromatic carbocycles. The molecule has 0 amide bonds. The van der Waals surface area contributed by atoms with Gasteiger partial charge in [0.1, 0.15) is 24.0 Å². The normalized spacial score (nSPS) is 19.0. The Kier molecular flexibility index (Phi) is 5.96. The van der Waals surface area contributed by atoms with Gasteiger partial charge in [0, 0.05) is 21.7 Å². The van der Waals surface area contributed by atoms with E-state index in [0.717, 1.165) is 11.1 Å². The Bertz CT molecular complexity index is 1120. The van der Waals surface area contributed by atoms with Gasteiger partial charge in [-0.15, -0.1) is 10.2 Å². The summed E-state index contributed by atoms with van der Waals surface area (Å²) in [6, 6.07) is 7.98. The predicted octanol–water partition coefficient (Wildman–Crippen LogP) is 4.64. The quantitative estimate of drug-likeness (QED) is 0.556. The third-order valence-corrected chi connectivity index (χ3v) is 6.35. The van der Waals surface area contributed by atoms with E-state index in [9.17, 15) is 5.11 Å². The number of hydrogen-bond acceptors (Lipinski definition) is 5. The standard InChI is InChI=1S/C22H23Cl2FN4O2/c1-11-26-27-12(2)29(11)15-5-6-21(19(25)9-15)31-22-17-7-14(23)8-18(24)16(17)10-20(22)28(4)13(3)30/h5-9,13,20,22,30H,10H2,1-4H3/t13-,20-,22-/m0/s1. The molecule has 0 spiro atoms. The molecule has 9 heteroatoms. The average Bonchev–Trinajstić information content (AvgIpc) is 3.23. The molecule has 0 aliphatic heterocycles. The smallest absolute Gasteiger partial charge is 0.167 e. The number of aryl methyl sites for hydroxylation is 2. The Hall–Kier alpha value is -2.19. The number of nitrogens with zero attached hydrogens (tertiary/aromatic N) is 4. The summed E-state index contributed by atoms with van der Waals surface area (Å²) in [4.78, 5) is 1.78. The highest BCUT2D eigenvalue weighted by molar-refractivity contribution is 6.35. The van der Waals surface area contributed by atoms with E-state index in [-0.39, 0.29) is 11.8 Å². The minimum atomic E-state index is -0.716. The van der Waals surface area contributed by atoms with E-state index in [0.29, 0.717) is 33.8 Å². The SMILES string of the molecule is Cc1nnc(C)n1-c1ccc(O[C@H]2c3cc(Cl)cc(Cl)c3C[C@@H]2N(C)[C@H](C)O)c(F)c1. The van der Waals surface area contributed by atoms with E-state index in [1.54, 1.807) is 47.7 Å². The van der Waals surface area contributed by atoms with Crippen LogP contribution in [0.2, 0.25) is 10.0 Å². The van der Waals surface area contributed by atoms with Crippen molar-refractivity contribution in [1.82, 2.24) is 19.7 Å². The lowest BCUT2D eigenvalue weighted by atomic mass is 10.1. The molecule has 3 atom stereocenters. The fraction of sp³-hybridized carbons (Fsp3) is 0.364. The summed E-state index contributed by atoms with van der Waals surface area (Å²) in [6.45, 7) is 5.29. The summed E-state index contributed by atoms with van der Waals surface area (Å²) >= 11 is 12.7. The number of halogens is 3. The van der Waals surface area contributed by atoms with Gasteiger partial charge in [0.05, 0.1) is 11.7 Å². The number of benzene rings is 2. The largest absolute Gasteiger partial charge is 0.481 e. The molecule has 6 nitrogen and oxygen atoms in total. The Balaban J connectivity index is 1.71. The molecule has 31 heavy (non-hydrogen) atoms. The molecule has 1 aliphatic carbocycles. The van der Waals surface area contributed by atoms with Crippen molar-refractivity contribution in [1.29, 1.82) is 0 Å². The summed E-state index contributed by atoms with van der Waals surface area (Å²) in [7, 11) is 1.80. The molecule has 0 saturated heterocycles. The number of rotatable bonds is 5. The van der Waals surface area contributed by atoms with Crippen LogP contribution in [0.5, 0.6) is 5.75 Å². The third-order valence-electron chi connectivity index (χ3n) is 5.79. The second kappa shape index (κ2) is 8.39. The molecular formula is C22H23Cl2FN4O2. The minimum Gasteiger partial charge on any atom is -0.481 e. The van der Waals surface area contributed by atoms with Crippen LogP contribution in [0.4, 0.5) is 4.39 Å². The molecule has 0 saturated carbocycles. The van der Waals surface area contributed by atoms with Crippen LogP contribution in [0.15, 0.2) is 30.3 Å². The van der Waals surface area contributed by atoms with Gasteiger partial charge in [-0.05, 0) is 64.1 Å². The van der Waals surface area contributed by atoms with E-state index < -0.39 is 18.1 Å². The van der Waals surface area contributed by atoms with Crippen molar-refractivity contribution in [2.75, 3.05) is 7.05 Å². The maximum atomic E-state index is 15.1. The Labute approximate surface area is 190 Å². The van der Waals surface area contributed by atoms with E-state index in [4.69, 9.17) is 27.9 Å². The molecule has 4 rings (SSSR count). The molecule has 0 radical (unpaired) electrons. The van der Waals surface area contributed by atoms with E-state index in [2.05, 4.69) is 10.2 Å². The summed E-state index contributed by atoms with van der Waals surface area (Å²) in [5, 5.41) is 19.2. The summed E-state index contributed by atoms with van der Waals surface area (Å²) in [5.41, 5.74) is 2.30. The van der Waals surface area contributed by atoms with E-state index >= 15 is 4.39 Å². The van der Waals surface area contributed by atoms with Crippen molar-refractivity contribution in [3.05, 3.63) is 69.0 Å². The second-order valence-corrected chi connectivity index (χ2v) is 8.65. The monoisotopic (exact) mass is 464 g/mol. The summed E-state index contributed by atoms with van der Waals surface area (Å²) in [5.74, 6) is 0.923. The van der Waals surface area contributed by atoms with Crippen LogP contribution in [0, 0.1) is 19.7 Å². The van der Waals surface area contributed by atoms with Crippen LogP contribution in [0.25, 0.3) is 5.69 Å². The van der Waals surface area contributed by atoms with Gasteiger partial charge in [-0.1, -0.05) is 23.2 Å². The number of aliphatic hydroxyl groups is 1. The van der Waals surface area contributed by atoms with Crippen molar-refractivity contribution < 1.29 is 14.2 Å². The van der Waals surface area contributed by atoms with E-state index in [1.807, 2.05) is 13.8 Å². The first-order valence-corrected chi connectivity index (χ1v) is 10.7. The lowest BCUT2D eigenvalue weighted by Gasteiger charge is -2.32. The van der Waals surface area contributed by atoms with E-state index in [1.165, 1.54) is 6.07 Å². The van der Waals surface area contributed by atoms with Gasteiger partial charge < -0.3 is 9.84 Å². The Morgan fingerprint density at radius 1 is 1.19 bits per heavy atom. The fourth-order valence-corrected chi connectivity index (χ4v) is 4.68. The van der Waals surface area contributed by atoms with Gasteiger partial charge in [0.15, 0.2) is 11.6 Å². The summed E-state index contributed by atoms with van der Waals surface area (Å²) < 4.78 is 23.0. The van der Waals surface area contributed by atoms with Crippen LogP contribution in [0.1, 0.15) is 35.8 Å². The number of likely N-dealkylation sites (N-methyl/N-ethyl adjacent to an activating group) is 1. The maximum Gasteiger partial charge on any atom is 0.167 e. The van der Waals surface area contributed by atoms with Gasteiger partial charge in [0.25, 0.3) is 0 Å². The highest BCUT2D eigenvalue weighted by atomic mass is 35.5. The number of hydrogen-bond donors (Lipinski definition) is 1. The van der Waals surface area contributed by atoms with Crippen LogP contribution in [0.3, 0.4) is 0 Å². The second-order valence-electron chi connectivity index (χ2n) is 7.81. The van der Waals surface area contributed by atoms with Crippen molar-refractivity contribution in [2.45, 2.75) is 45.6 Å². The van der Waals surface area contributed by atoms with Gasteiger partial charge in [-0.2, -0.15) is 0 Å². The molecule has 0 bridgehead atoms. The molecule has 1 aliphatic rings.